The zero-order valence-corrected chi connectivity index (χ0v) is 14.9. The van der Waals surface area contributed by atoms with E-state index in [9.17, 15) is 4.79 Å². The van der Waals surface area contributed by atoms with Gasteiger partial charge in [-0.05, 0) is 56.8 Å². The Bertz CT molecular complexity index is 641. The maximum atomic E-state index is 12.0. The fourth-order valence-corrected chi connectivity index (χ4v) is 4.50. The number of carbonyl (C=O) groups is 1. The lowest BCUT2D eigenvalue weighted by atomic mass is 9.99. The Morgan fingerprint density at radius 3 is 2.92 bits per heavy atom. The molecule has 3 aliphatic rings. The van der Waals surface area contributed by atoms with Crippen molar-refractivity contribution in [2.75, 3.05) is 19.6 Å². The average molecular weight is 328 g/mol. The highest BCUT2D eigenvalue weighted by Crippen LogP contribution is 2.35. The van der Waals surface area contributed by atoms with Crippen molar-refractivity contribution in [2.24, 2.45) is 0 Å². The van der Waals surface area contributed by atoms with Crippen LogP contribution in [0.3, 0.4) is 0 Å². The first-order valence-corrected chi connectivity index (χ1v) is 9.33. The second-order valence-corrected chi connectivity index (χ2v) is 8.20. The molecule has 0 aromatic heterocycles. The van der Waals surface area contributed by atoms with Gasteiger partial charge in [-0.15, -0.1) is 0 Å². The zero-order chi connectivity index (χ0) is 16.7. The Kier molecular flexibility index (Phi) is 4.03. The van der Waals surface area contributed by atoms with Crippen molar-refractivity contribution in [3.8, 4) is 5.75 Å². The van der Waals surface area contributed by atoms with Crippen molar-refractivity contribution in [3.63, 3.8) is 0 Å². The number of piperidine rings is 1. The third-order valence-corrected chi connectivity index (χ3v) is 5.56. The van der Waals surface area contributed by atoms with E-state index in [1.165, 1.54) is 17.5 Å². The quantitative estimate of drug-likeness (QED) is 0.855. The number of nitrogens with zero attached hydrogens (tertiary/aromatic N) is 2. The Labute approximate surface area is 144 Å². The number of carbonyl (C=O) groups excluding carboxylic acids is 1. The molecule has 1 aromatic rings. The molecule has 1 aromatic carbocycles. The van der Waals surface area contributed by atoms with Crippen LogP contribution in [0.25, 0.3) is 0 Å². The molecular weight excluding hydrogens is 300 g/mol. The number of benzene rings is 1. The summed E-state index contributed by atoms with van der Waals surface area (Å²) in [4.78, 5) is 16.7. The minimum atomic E-state index is -0.0761. The van der Waals surface area contributed by atoms with Crippen molar-refractivity contribution in [3.05, 3.63) is 29.3 Å². The number of hydrogen-bond acceptors (Lipinski definition) is 3. The van der Waals surface area contributed by atoms with E-state index in [2.05, 4.69) is 41.8 Å². The molecule has 3 aliphatic heterocycles. The lowest BCUT2D eigenvalue weighted by Gasteiger charge is -2.37. The fraction of sp³-hybridized carbons (Fsp3) is 0.650. The molecule has 2 saturated heterocycles. The first-order chi connectivity index (χ1) is 11.5. The zero-order valence-electron chi connectivity index (χ0n) is 14.9. The molecule has 1 amide bonds. The summed E-state index contributed by atoms with van der Waals surface area (Å²) >= 11 is 0. The molecule has 0 aliphatic carbocycles. The maximum absolute atomic E-state index is 12.0. The summed E-state index contributed by atoms with van der Waals surface area (Å²) in [7, 11) is 0. The van der Waals surface area contributed by atoms with Gasteiger partial charge in [-0.25, -0.2) is 0 Å². The number of fused-ring (bicyclic) bond motifs is 1. The first kappa shape index (κ1) is 15.9. The van der Waals surface area contributed by atoms with Crippen molar-refractivity contribution >= 4 is 5.91 Å². The number of rotatable bonds is 3. The van der Waals surface area contributed by atoms with Crippen LogP contribution in [-0.2, 0) is 17.8 Å². The van der Waals surface area contributed by atoms with E-state index >= 15 is 0 Å². The summed E-state index contributed by atoms with van der Waals surface area (Å²) in [6, 6.07) is 7.06. The fourth-order valence-electron chi connectivity index (χ4n) is 4.50. The van der Waals surface area contributed by atoms with E-state index in [-0.39, 0.29) is 5.60 Å². The van der Waals surface area contributed by atoms with Crippen molar-refractivity contribution in [1.82, 2.24) is 9.80 Å². The van der Waals surface area contributed by atoms with Gasteiger partial charge in [0.05, 0.1) is 0 Å². The van der Waals surface area contributed by atoms with Crippen LogP contribution in [0.4, 0.5) is 0 Å². The smallest absolute Gasteiger partial charge is 0.222 e. The lowest BCUT2D eigenvalue weighted by Crippen LogP contribution is -2.48. The molecular formula is C20H28N2O2. The Balaban J connectivity index is 1.41. The molecule has 0 saturated carbocycles. The van der Waals surface area contributed by atoms with E-state index in [4.69, 9.17) is 4.74 Å². The van der Waals surface area contributed by atoms with Gasteiger partial charge in [0.1, 0.15) is 11.4 Å². The summed E-state index contributed by atoms with van der Waals surface area (Å²) in [5, 5.41) is 0. The van der Waals surface area contributed by atoms with Gasteiger partial charge in [0, 0.05) is 38.5 Å². The molecule has 3 heterocycles. The molecule has 0 N–H and O–H groups in total. The Hall–Kier alpha value is -1.55. The van der Waals surface area contributed by atoms with Crippen LogP contribution in [0.1, 0.15) is 50.7 Å². The molecule has 2 fully saturated rings. The maximum Gasteiger partial charge on any atom is 0.222 e. The van der Waals surface area contributed by atoms with Crippen LogP contribution in [0, 0.1) is 0 Å². The summed E-state index contributed by atoms with van der Waals surface area (Å²) < 4.78 is 5.98. The molecule has 130 valence electrons. The van der Waals surface area contributed by atoms with Gasteiger partial charge in [-0.2, -0.15) is 0 Å². The third kappa shape index (κ3) is 3.16. The number of amides is 1. The lowest BCUT2D eigenvalue weighted by molar-refractivity contribution is -0.130. The molecule has 24 heavy (non-hydrogen) atoms. The Morgan fingerprint density at radius 1 is 1.25 bits per heavy atom. The standard InChI is InChI=1S/C20H28N2O2/c1-20(2)12-16-11-15(7-8-18(16)24-20)13-21-9-3-5-17(14-21)22-10-4-6-19(22)23/h7-8,11,17H,3-6,9-10,12-14H2,1-2H3/t17-/m0/s1. The predicted molar refractivity (Wildman–Crippen MR) is 94.1 cm³/mol. The summed E-state index contributed by atoms with van der Waals surface area (Å²) in [6.45, 7) is 8.39. The second kappa shape index (κ2) is 6.07. The van der Waals surface area contributed by atoms with E-state index in [1.807, 2.05) is 0 Å². The van der Waals surface area contributed by atoms with Crippen molar-refractivity contribution < 1.29 is 9.53 Å². The van der Waals surface area contributed by atoms with E-state index in [1.54, 1.807) is 0 Å². The van der Waals surface area contributed by atoms with Crippen LogP contribution in [0.5, 0.6) is 5.75 Å². The monoisotopic (exact) mass is 328 g/mol. The van der Waals surface area contributed by atoms with Gasteiger partial charge < -0.3 is 9.64 Å². The summed E-state index contributed by atoms with van der Waals surface area (Å²) in [5.41, 5.74) is 2.62. The van der Waals surface area contributed by atoms with E-state index in [0.29, 0.717) is 11.9 Å². The van der Waals surface area contributed by atoms with Crippen LogP contribution < -0.4 is 4.74 Å². The molecule has 1 atom stereocenters. The predicted octanol–water partition coefficient (Wildman–Crippen LogP) is 2.99. The molecule has 4 rings (SSSR count). The minimum Gasteiger partial charge on any atom is -0.487 e. The van der Waals surface area contributed by atoms with E-state index < -0.39 is 0 Å². The molecule has 0 bridgehead atoms. The van der Waals surface area contributed by atoms with Crippen LogP contribution in [0.15, 0.2) is 18.2 Å². The molecule has 0 spiro atoms. The Morgan fingerprint density at radius 2 is 2.12 bits per heavy atom. The number of likely N-dealkylation sites (tertiary alicyclic amines) is 2. The largest absolute Gasteiger partial charge is 0.487 e. The van der Waals surface area contributed by atoms with Gasteiger partial charge in [0.2, 0.25) is 5.91 Å². The molecule has 4 heteroatoms. The van der Waals surface area contributed by atoms with E-state index in [0.717, 1.165) is 57.6 Å². The topological polar surface area (TPSA) is 32.8 Å². The molecule has 0 radical (unpaired) electrons. The third-order valence-electron chi connectivity index (χ3n) is 5.56. The van der Waals surface area contributed by atoms with Gasteiger partial charge in [0.25, 0.3) is 0 Å². The number of hydrogen-bond donors (Lipinski definition) is 0. The van der Waals surface area contributed by atoms with Gasteiger partial charge in [-0.1, -0.05) is 12.1 Å². The van der Waals surface area contributed by atoms with Crippen molar-refractivity contribution in [1.29, 1.82) is 0 Å². The SMILES string of the molecule is CC1(C)Cc2cc(CN3CCC[C@H](N4CCCC4=O)C3)ccc2O1. The normalized spacial score (nSPS) is 26.5. The van der Waals surface area contributed by atoms with Crippen LogP contribution in [-0.4, -0.2) is 47.0 Å². The highest BCUT2D eigenvalue weighted by molar-refractivity contribution is 5.78. The number of ether oxygens (including phenoxy) is 1. The first-order valence-electron chi connectivity index (χ1n) is 9.33. The highest BCUT2D eigenvalue weighted by Gasteiger charge is 2.32. The second-order valence-electron chi connectivity index (χ2n) is 8.20. The highest BCUT2D eigenvalue weighted by atomic mass is 16.5. The molecule has 4 nitrogen and oxygen atoms in total. The summed E-state index contributed by atoms with van der Waals surface area (Å²) in [6.07, 6.45) is 5.12. The van der Waals surface area contributed by atoms with Gasteiger partial charge in [-0.3, -0.25) is 9.69 Å². The van der Waals surface area contributed by atoms with Crippen LogP contribution in [0.2, 0.25) is 0 Å². The van der Waals surface area contributed by atoms with Gasteiger partial charge in [0.15, 0.2) is 0 Å². The molecule has 0 unspecified atom stereocenters. The van der Waals surface area contributed by atoms with Crippen LogP contribution >= 0.6 is 0 Å². The van der Waals surface area contributed by atoms with Gasteiger partial charge >= 0.3 is 0 Å². The van der Waals surface area contributed by atoms with Crippen molar-refractivity contribution in [2.45, 2.75) is 64.1 Å². The summed E-state index contributed by atoms with van der Waals surface area (Å²) in [5.74, 6) is 1.40. The average Bonchev–Trinajstić information content (AvgIpc) is 3.08. The minimum absolute atomic E-state index is 0.0761.